The Hall–Kier alpha value is -3.44. The predicted molar refractivity (Wildman–Crippen MR) is 116 cm³/mol. The standard InChI is InChI=1S/C21H24N4O6S/c1-3-31-21(27)11-15(14-4-9-19(30-2)23-13-14)10-16-12-20(26)25(24-16)17-5-7-18(8-6-17)32(22,28)29/h4-9,12-13,15,24H,3,10-11H2,1-2H3,(H2,22,28,29). The van der Waals surface area contributed by atoms with Gasteiger partial charge >= 0.3 is 5.97 Å². The number of pyridine rings is 1. The molecule has 2 heterocycles. The third kappa shape index (κ3) is 5.62. The number of hydrogen-bond acceptors (Lipinski definition) is 7. The SMILES string of the molecule is CCOC(=O)CC(Cc1cc(=O)n(-c2ccc(S(N)(=O)=O)cc2)[nH]1)c1ccc(OC)nc1. The minimum absolute atomic E-state index is 0.0532. The maximum absolute atomic E-state index is 12.5. The van der Waals surface area contributed by atoms with E-state index in [9.17, 15) is 18.0 Å². The number of aromatic nitrogens is 3. The van der Waals surface area contributed by atoms with E-state index in [-0.39, 0.29) is 35.4 Å². The Morgan fingerprint density at radius 3 is 2.50 bits per heavy atom. The molecule has 0 saturated heterocycles. The van der Waals surface area contributed by atoms with Crippen molar-refractivity contribution in [3.63, 3.8) is 0 Å². The van der Waals surface area contributed by atoms with E-state index < -0.39 is 10.0 Å². The van der Waals surface area contributed by atoms with E-state index in [1.54, 1.807) is 19.2 Å². The van der Waals surface area contributed by atoms with Crippen LogP contribution in [0.1, 0.15) is 30.5 Å². The van der Waals surface area contributed by atoms with E-state index in [1.807, 2.05) is 6.07 Å². The van der Waals surface area contributed by atoms with Gasteiger partial charge in [0.25, 0.3) is 5.56 Å². The van der Waals surface area contributed by atoms with Gasteiger partial charge < -0.3 is 9.47 Å². The minimum Gasteiger partial charge on any atom is -0.481 e. The summed E-state index contributed by atoms with van der Waals surface area (Å²) in [5.74, 6) is -0.191. The molecule has 0 aliphatic carbocycles. The lowest BCUT2D eigenvalue weighted by Crippen LogP contribution is -2.15. The third-order valence-electron chi connectivity index (χ3n) is 4.82. The molecule has 0 amide bonds. The van der Waals surface area contributed by atoms with Gasteiger partial charge in [0.1, 0.15) is 0 Å². The van der Waals surface area contributed by atoms with Gasteiger partial charge in [0.2, 0.25) is 15.9 Å². The van der Waals surface area contributed by atoms with E-state index >= 15 is 0 Å². The predicted octanol–water partition coefficient (Wildman–Crippen LogP) is 1.50. The van der Waals surface area contributed by atoms with E-state index in [4.69, 9.17) is 14.6 Å². The molecule has 0 saturated carbocycles. The summed E-state index contributed by atoms with van der Waals surface area (Å²) >= 11 is 0. The lowest BCUT2D eigenvalue weighted by atomic mass is 9.92. The van der Waals surface area contributed by atoms with Crippen LogP contribution in [0.5, 0.6) is 5.88 Å². The lowest BCUT2D eigenvalue weighted by Gasteiger charge is -2.16. The second kappa shape index (κ2) is 9.79. The fourth-order valence-electron chi connectivity index (χ4n) is 3.27. The molecule has 32 heavy (non-hydrogen) atoms. The Labute approximate surface area is 185 Å². The third-order valence-corrected chi connectivity index (χ3v) is 5.75. The van der Waals surface area contributed by atoms with Crippen LogP contribution in [0.15, 0.2) is 58.4 Å². The van der Waals surface area contributed by atoms with Gasteiger partial charge in [0.05, 0.1) is 30.7 Å². The first kappa shape index (κ1) is 23.2. The smallest absolute Gasteiger partial charge is 0.306 e. The highest BCUT2D eigenvalue weighted by molar-refractivity contribution is 7.89. The Kier molecular flexibility index (Phi) is 7.11. The van der Waals surface area contributed by atoms with Crippen LogP contribution < -0.4 is 15.4 Å². The Bertz CT molecular complexity index is 1230. The molecule has 0 fully saturated rings. The first-order valence-corrected chi connectivity index (χ1v) is 11.4. The molecular weight excluding hydrogens is 436 g/mol. The first-order valence-electron chi connectivity index (χ1n) is 9.81. The van der Waals surface area contributed by atoms with E-state index in [0.717, 1.165) is 5.56 Å². The topological polar surface area (TPSA) is 146 Å². The maximum Gasteiger partial charge on any atom is 0.306 e. The number of esters is 1. The number of nitrogens with zero attached hydrogens (tertiary/aromatic N) is 2. The van der Waals surface area contributed by atoms with Gasteiger partial charge in [-0.2, -0.15) is 0 Å². The first-order chi connectivity index (χ1) is 15.2. The molecular formula is C21H24N4O6S. The largest absolute Gasteiger partial charge is 0.481 e. The number of methoxy groups -OCH3 is 1. The summed E-state index contributed by atoms with van der Waals surface area (Å²) in [6, 6.07) is 10.6. The molecule has 0 spiro atoms. The zero-order chi connectivity index (χ0) is 23.3. The summed E-state index contributed by atoms with van der Waals surface area (Å²) in [6.45, 7) is 2.01. The molecule has 0 radical (unpaired) electrons. The summed E-state index contributed by atoms with van der Waals surface area (Å²) < 4.78 is 34.3. The van der Waals surface area contributed by atoms with Crippen LogP contribution in [-0.4, -0.2) is 42.9 Å². The average molecular weight is 461 g/mol. The van der Waals surface area contributed by atoms with E-state index in [2.05, 4.69) is 10.1 Å². The van der Waals surface area contributed by atoms with Gasteiger partial charge in [-0.15, -0.1) is 0 Å². The number of primary sulfonamides is 1. The van der Waals surface area contributed by atoms with Crippen molar-refractivity contribution in [1.29, 1.82) is 0 Å². The molecule has 2 aromatic heterocycles. The zero-order valence-corrected chi connectivity index (χ0v) is 18.5. The number of ether oxygens (including phenoxy) is 2. The van der Waals surface area contributed by atoms with Crippen molar-refractivity contribution in [2.75, 3.05) is 13.7 Å². The normalized spacial score (nSPS) is 12.3. The average Bonchev–Trinajstić information content (AvgIpc) is 3.13. The number of rotatable bonds is 9. The lowest BCUT2D eigenvalue weighted by molar-refractivity contribution is -0.143. The van der Waals surface area contributed by atoms with Crippen LogP contribution in [-0.2, 0) is 26.0 Å². The van der Waals surface area contributed by atoms with Crippen molar-refractivity contribution in [2.24, 2.45) is 5.14 Å². The number of aromatic amines is 1. The molecule has 1 unspecified atom stereocenters. The van der Waals surface area contributed by atoms with Crippen LogP contribution in [0.3, 0.4) is 0 Å². The maximum atomic E-state index is 12.5. The minimum atomic E-state index is -3.83. The van der Waals surface area contributed by atoms with Crippen LogP contribution in [0.2, 0.25) is 0 Å². The molecule has 10 nitrogen and oxygen atoms in total. The van der Waals surface area contributed by atoms with Crippen molar-refractivity contribution in [2.45, 2.75) is 30.6 Å². The molecule has 1 aromatic carbocycles. The van der Waals surface area contributed by atoms with Gasteiger partial charge in [-0.3, -0.25) is 14.7 Å². The molecule has 3 rings (SSSR count). The van der Waals surface area contributed by atoms with E-state index in [0.29, 0.717) is 23.7 Å². The molecule has 3 N–H and O–H groups in total. The van der Waals surface area contributed by atoms with Crippen LogP contribution >= 0.6 is 0 Å². The number of carbonyl (C=O) groups is 1. The summed E-state index contributed by atoms with van der Waals surface area (Å²) in [7, 11) is -2.32. The van der Waals surface area contributed by atoms with Gasteiger partial charge in [-0.25, -0.2) is 23.2 Å². The molecule has 1 atom stereocenters. The Morgan fingerprint density at radius 1 is 1.22 bits per heavy atom. The van der Waals surface area contributed by atoms with Gasteiger partial charge in [0.15, 0.2) is 0 Å². The van der Waals surface area contributed by atoms with Crippen LogP contribution in [0.4, 0.5) is 0 Å². The van der Waals surface area contributed by atoms with Crippen molar-refractivity contribution < 1.29 is 22.7 Å². The molecule has 3 aromatic rings. The quantitative estimate of drug-likeness (QED) is 0.460. The number of carbonyl (C=O) groups excluding carboxylic acids is 1. The highest BCUT2D eigenvalue weighted by Gasteiger charge is 2.20. The monoisotopic (exact) mass is 460 g/mol. The van der Waals surface area contributed by atoms with Gasteiger partial charge in [0, 0.05) is 29.9 Å². The summed E-state index contributed by atoms with van der Waals surface area (Å²) in [6.07, 6.45) is 2.09. The number of benzene rings is 1. The molecule has 11 heteroatoms. The van der Waals surface area contributed by atoms with Gasteiger partial charge in [-0.1, -0.05) is 6.07 Å². The number of sulfonamides is 1. The number of nitrogens with one attached hydrogen (secondary N) is 1. The fraction of sp³-hybridized carbons (Fsp3) is 0.286. The summed E-state index contributed by atoms with van der Waals surface area (Å²) in [4.78, 5) is 28.8. The summed E-state index contributed by atoms with van der Waals surface area (Å²) in [5.41, 5.74) is 1.51. The van der Waals surface area contributed by atoms with Gasteiger partial charge in [-0.05, 0) is 43.2 Å². The van der Waals surface area contributed by atoms with Crippen molar-refractivity contribution in [3.8, 4) is 11.6 Å². The highest BCUT2D eigenvalue weighted by Crippen LogP contribution is 2.25. The molecule has 0 bridgehead atoms. The van der Waals surface area contributed by atoms with Crippen molar-refractivity contribution >= 4 is 16.0 Å². The van der Waals surface area contributed by atoms with Crippen molar-refractivity contribution in [1.82, 2.24) is 14.8 Å². The number of nitrogens with two attached hydrogens (primary N) is 1. The second-order valence-electron chi connectivity index (χ2n) is 7.04. The Balaban J connectivity index is 1.87. The molecule has 0 aliphatic heterocycles. The number of H-pyrrole nitrogens is 1. The van der Waals surface area contributed by atoms with Crippen molar-refractivity contribution in [3.05, 3.63) is 70.3 Å². The second-order valence-corrected chi connectivity index (χ2v) is 8.60. The highest BCUT2D eigenvalue weighted by atomic mass is 32.2. The zero-order valence-electron chi connectivity index (χ0n) is 17.6. The molecule has 0 aliphatic rings. The number of hydrogen-bond donors (Lipinski definition) is 2. The summed E-state index contributed by atoms with van der Waals surface area (Å²) in [5, 5.41) is 8.12. The fourth-order valence-corrected chi connectivity index (χ4v) is 3.79. The van der Waals surface area contributed by atoms with Crippen LogP contribution in [0.25, 0.3) is 5.69 Å². The Morgan fingerprint density at radius 2 is 1.94 bits per heavy atom. The van der Waals surface area contributed by atoms with E-state index in [1.165, 1.54) is 42.1 Å². The van der Waals surface area contributed by atoms with Crippen LogP contribution in [0, 0.1) is 0 Å². The molecule has 170 valence electrons.